The maximum Gasteiger partial charge on any atom is 0.244 e. The third-order valence-corrected chi connectivity index (χ3v) is 7.31. The highest BCUT2D eigenvalue weighted by molar-refractivity contribution is 14.1. The average Bonchev–Trinajstić information content (AvgIpc) is 2.78. The molecule has 0 aromatic heterocycles. The number of amides is 2. The van der Waals surface area contributed by atoms with Crippen molar-refractivity contribution < 1.29 is 22.4 Å². The van der Waals surface area contributed by atoms with Gasteiger partial charge in [0.25, 0.3) is 0 Å². The molecular formula is C24H31FIN3O4S. The molecule has 0 unspecified atom stereocenters. The number of hydrogen-bond donors (Lipinski definition) is 1. The first-order chi connectivity index (χ1) is 16.0. The molecule has 186 valence electrons. The molecule has 0 saturated heterocycles. The summed E-state index contributed by atoms with van der Waals surface area (Å²) in [4.78, 5) is 27.9. The van der Waals surface area contributed by atoms with Crippen LogP contribution in [0.4, 0.5) is 10.1 Å². The predicted octanol–water partition coefficient (Wildman–Crippen LogP) is 3.92. The van der Waals surface area contributed by atoms with E-state index in [4.69, 9.17) is 0 Å². The number of nitrogens with zero attached hydrogens (tertiary/aromatic N) is 2. The first-order valence-corrected chi connectivity index (χ1v) is 14.0. The molecule has 0 spiro atoms. The summed E-state index contributed by atoms with van der Waals surface area (Å²) in [6, 6.07) is 11.5. The standard InChI is InChI=1S/C24H31FIN3O4S/c1-5-17(3)27-24(31)22(6-2)28(15-18-7-9-19(25)10-8-18)23(30)16-29(34(4,32)33)21-13-11-20(26)12-14-21/h7-14,17,22H,5-6,15-16H2,1-4H3,(H,27,31)/t17-,22+/m0/s1. The van der Waals surface area contributed by atoms with Crippen LogP contribution < -0.4 is 9.62 Å². The van der Waals surface area contributed by atoms with Crippen LogP contribution in [0.2, 0.25) is 0 Å². The molecule has 0 radical (unpaired) electrons. The number of carbonyl (C=O) groups excluding carboxylic acids is 2. The first kappa shape index (κ1) is 28.0. The SMILES string of the molecule is CC[C@H](C(=O)N[C@@H](C)CC)N(Cc1ccc(F)cc1)C(=O)CN(c1ccc(I)cc1)S(C)(=O)=O. The van der Waals surface area contributed by atoms with E-state index in [1.54, 1.807) is 43.3 Å². The quantitative estimate of drug-likeness (QED) is 0.395. The van der Waals surface area contributed by atoms with Gasteiger partial charge in [-0.2, -0.15) is 0 Å². The van der Waals surface area contributed by atoms with Crippen LogP contribution in [0, 0.1) is 9.39 Å². The molecule has 0 saturated carbocycles. The van der Waals surface area contributed by atoms with E-state index in [0.717, 1.165) is 20.6 Å². The van der Waals surface area contributed by atoms with Crippen LogP contribution in [-0.2, 0) is 26.2 Å². The summed E-state index contributed by atoms with van der Waals surface area (Å²) < 4.78 is 40.5. The van der Waals surface area contributed by atoms with Crippen molar-refractivity contribution in [3.8, 4) is 0 Å². The Labute approximate surface area is 214 Å². The Morgan fingerprint density at radius 1 is 1.03 bits per heavy atom. The van der Waals surface area contributed by atoms with Crippen LogP contribution in [0.25, 0.3) is 0 Å². The van der Waals surface area contributed by atoms with Crippen molar-refractivity contribution in [2.45, 2.75) is 52.2 Å². The minimum Gasteiger partial charge on any atom is -0.352 e. The molecule has 2 amide bonds. The molecule has 0 aliphatic carbocycles. The zero-order valence-electron chi connectivity index (χ0n) is 19.8. The molecule has 0 aliphatic rings. The molecule has 34 heavy (non-hydrogen) atoms. The van der Waals surface area contributed by atoms with E-state index in [1.165, 1.54) is 17.0 Å². The number of carbonyl (C=O) groups is 2. The van der Waals surface area contributed by atoms with Gasteiger partial charge in [0, 0.05) is 16.2 Å². The topological polar surface area (TPSA) is 86.8 Å². The summed E-state index contributed by atoms with van der Waals surface area (Å²) >= 11 is 2.11. The Morgan fingerprint density at radius 2 is 1.62 bits per heavy atom. The fourth-order valence-electron chi connectivity index (χ4n) is 3.37. The molecule has 0 bridgehead atoms. The molecule has 2 aromatic rings. The van der Waals surface area contributed by atoms with E-state index >= 15 is 0 Å². The number of halogens is 2. The van der Waals surface area contributed by atoms with Crippen LogP contribution in [0.3, 0.4) is 0 Å². The summed E-state index contributed by atoms with van der Waals surface area (Å²) in [5.41, 5.74) is 0.986. The van der Waals surface area contributed by atoms with Gasteiger partial charge in [-0.1, -0.05) is 26.0 Å². The minimum atomic E-state index is -3.78. The molecular weight excluding hydrogens is 572 g/mol. The fourth-order valence-corrected chi connectivity index (χ4v) is 4.58. The van der Waals surface area contributed by atoms with Gasteiger partial charge in [0.2, 0.25) is 21.8 Å². The summed E-state index contributed by atoms with van der Waals surface area (Å²) in [6.07, 6.45) is 2.09. The largest absolute Gasteiger partial charge is 0.352 e. The van der Waals surface area contributed by atoms with Gasteiger partial charge in [0.15, 0.2) is 0 Å². The Kier molecular flexibility index (Phi) is 10.3. The Morgan fingerprint density at radius 3 is 2.12 bits per heavy atom. The smallest absolute Gasteiger partial charge is 0.244 e. The number of hydrogen-bond acceptors (Lipinski definition) is 4. The van der Waals surface area contributed by atoms with Crippen LogP contribution in [0.5, 0.6) is 0 Å². The highest BCUT2D eigenvalue weighted by Gasteiger charge is 2.32. The van der Waals surface area contributed by atoms with Gasteiger partial charge in [-0.15, -0.1) is 0 Å². The summed E-state index contributed by atoms with van der Waals surface area (Å²) in [5.74, 6) is -1.25. The van der Waals surface area contributed by atoms with Gasteiger partial charge in [-0.3, -0.25) is 13.9 Å². The molecule has 2 atom stereocenters. The number of sulfonamides is 1. The van der Waals surface area contributed by atoms with Crippen molar-refractivity contribution in [2.24, 2.45) is 0 Å². The van der Waals surface area contributed by atoms with Crippen molar-refractivity contribution in [1.29, 1.82) is 0 Å². The van der Waals surface area contributed by atoms with Gasteiger partial charge < -0.3 is 10.2 Å². The lowest BCUT2D eigenvalue weighted by atomic mass is 10.1. The zero-order chi connectivity index (χ0) is 25.5. The fraction of sp³-hybridized carbons (Fsp3) is 0.417. The number of benzene rings is 2. The molecule has 2 aromatic carbocycles. The predicted molar refractivity (Wildman–Crippen MR) is 140 cm³/mol. The zero-order valence-corrected chi connectivity index (χ0v) is 22.8. The van der Waals surface area contributed by atoms with Crippen LogP contribution in [-0.4, -0.2) is 50.0 Å². The first-order valence-electron chi connectivity index (χ1n) is 11.0. The van der Waals surface area contributed by atoms with Gasteiger partial charge >= 0.3 is 0 Å². The van der Waals surface area contributed by atoms with E-state index in [0.29, 0.717) is 17.7 Å². The maximum absolute atomic E-state index is 13.5. The number of anilines is 1. The third kappa shape index (κ3) is 7.93. The van der Waals surface area contributed by atoms with Crippen LogP contribution >= 0.6 is 22.6 Å². The summed E-state index contributed by atoms with van der Waals surface area (Å²) in [7, 11) is -3.78. The van der Waals surface area contributed by atoms with Crippen molar-refractivity contribution in [3.63, 3.8) is 0 Å². The van der Waals surface area contributed by atoms with E-state index in [2.05, 4.69) is 27.9 Å². The molecule has 0 fully saturated rings. The van der Waals surface area contributed by atoms with E-state index < -0.39 is 34.3 Å². The second kappa shape index (κ2) is 12.5. The lowest BCUT2D eigenvalue weighted by Gasteiger charge is -2.33. The highest BCUT2D eigenvalue weighted by Crippen LogP contribution is 2.21. The lowest BCUT2D eigenvalue weighted by Crippen LogP contribution is -2.53. The van der Waals surface area contributed by atoms with Gasteiger partial charge in [-0.25, -0.2) is 12.8 Å². The van der Waals surface area contributed by atoms with E-state index in [9.17, 15) is 22.4 Å². The van der Waals surface area contributed by atoms with Gasteiger partial charge in [0.05, 0.1) is 11.9 Å². The molecule has 7 nitrogen and oxygen atoms in total. The molecule has 0 heterocycles. The average molecular weight is 603 g/mol. The van der Waals surface area contributed by atoms with Gasteiger partial charge in [0.1, 0.15) is 18.4 Å². The molecule has 10 heteroatoms. The number of nitrogens with one attached hydrogen (secondary N) is 1. The van der Waals surface area contributed by atoms with E-state index in [-0.39, 0.29) is 18.5 Å². The maximum atomic E-state index is 13.5. The van der Waals surface area contributed by atoms with Crippen LogP contribution in [0.1, 0.15) is 39.2 Å². The Bertz CT molecular complexity index is 1080. The number of rotatable bonds is 11. The van der Waals surface area contributed by atoms with Gasteiger partial charge in [-0.05, 0) is 84.3 Å². The monoisotopic (exact) mass is 603 g/mol. The Hall–Kier alpha value is -2.21. The summed E-state index contributed by atoms with van der Waals surface area (Å²) in [6.45, 7) is 5.18. The second-order valence-electron chi connectivity index (χ2n) is 8.14. The Balaban J connectivity index is 2.41. The third-order valence-electron chi connectivity index (χ3n) is 5.45. The van der Waals surface area contributed by atoms with Crippen molar-refractivity contribution >= 4 is 50.1 Å². The highest BCUT2D eigenvalue weighted by atomic mass is 127. The minimum absolute atomic E-state index is 0.0375. The lowest BCUT2D eigenvalue weighted by molar-refractivity contribution is -0.140. The van der Waals surface area contributed by atoms with Crippen LogP contribution in [0.15, 0.2) is 48.5 Å². The molecule has 2 rings (SSSR count). The molecule has 0 aliphatic heterocycles. The van der Waals surface area contributed by atoms with Crippen molar-refractivity contribution in [3.05, 3.63) is 63.5 Å². The van der Waals surface area contributed by atoms with Crippen molar-refractivity contribution in [2.75, 3.05) is 17.1 Å². The summed E-state index contributed by atoms with van der Waals surface area (Å²) in [5, 5.41) is 2.91. The van der Waals surface area contributed by atoms with Crippen molar-refractivity contribution in [1.82, 2.24) is 10.2 Å². The second-order valence-corrected chi connectivity index (χ2v) is 11.3. The normalized spacial score (nSPS) is 13.1. The molecule has 1 N–H and O–H groups in total. The van der Waals surface area contributed by atoms with E-state index in [1.807, 2.05) is 13.8 Å².